The van der Waals surface area contributed by atoms with E-state index in [-0.39, 0.29) is 13.0 Å². The monoisotopic (exact) mass is 410 g/mol. The number of hydrogen-bond donors (Lipinski definition) is 1. The topological polar surface area (TPSA) is 46.5 Å². The van der Waals surface area contributed by atoms with Crippen molar-refractivity contribution < 1.29 is 14.6 Å². The maximum atomic E-state index is 10.9. The van der Waals surface area contributed by atoms with Crippen molar-refractivity contribution >= 4 is 29.2 Å². The summed E-state index contributed by atoms with van der Waals surface area (Å²) in [5, 5.41) is 9.89. The van der Waals surface area contributed by atoms with Gasteiger partial charge in [-0.05, 0) is 47.0 Å². The highest BCUT2D eigenvalue weighted by atomic mass is 35.5. The summed E-state index contributed by atoms with van der Waals surface area (Å²) in [5.41, 5.74) is 3.49. The second-order valence-corrected chi connectivity index (χ2v) is 6.83. The van der Waals surface area contributed by atoms with Crippen molar-refractivity contribution in [2.45, 2.75) is 6.42 Å². The Morgan fingerprint density at radius 2 is 1.71 bits per heavy atom. The lowest BCUT2D eigenvalue weighted by atomic mass is 10.0. The Kier molecular flexibility index (Phi) is 6.60. The molecule has 0 aliphatic carbocycles. The van der Waals surface area contributed by atoms with Gasteiger partial charge in [-0.1, -0.05) is 71.4 Å². The summed E-state index contributed by atoms with van der Waals surface area (Å²) in [6.07, 6.45) is 0.00648. The zero-order valence-corrected chi connectivity index (χ0v) is 16.3. The maximum absolute atomic E-state index is 10.9. The van der Waals surface area contributed by atoms with E-state index in [0.717, 1.165) is 22.3 Å². The zero-order chi connectivity index (χ0) is 19.9. The predicted octanol–water partition coefficient (Wildman–Crippen LogP) is 5.72. The van der Waals surface area contributed by atoms with Crippen LogP contribution in [0.4, 0.5) is 0 Å². The summed E-state index contributed by atoms with van der Waals surface area (Å²) in [4.78, 5) is 10.9. The van der Waals surface area contributed by atoms with Crippen LogP contribution in [-0.4, -0.2) is 17.7 Å². The van der Waals surface area contributed by atoms with Gasteiger partial charge in [-0.15, -0.1) is 0 Å². The lowest BCUT2D eigenvalue weighted by Crippen LogP contribution is -1.99. The number of ether oxygens (including phenoxy) is 1. The van der Waals surface area contributed by atoms with Gasteiger partial charge in [0, 0.05) is 5.56 Å². The molecule has 3 rings (SSSR count). The minimum absolute atomic E-state index is 0.00648. The SMILES string of the molecule is O=C(O)Cc1cccc(-c2ccc(OCC#Cc3ccc(Cl)c(Cl)c3)cc2)c1. The molecule has 0 radical (unpaired) electrons. The van der Waals surface area contributed by atoms with Gasteiger partial charge in [-0.2, -0.15) is 0 Å². The molecule has 3 nitrogen and oxygen atoms in total. The average molecular weight is 411 g/mol. The van der Waals surface area contributed by atoms with E-state index in [0.29, 0.717) is 15.8 Å². The van der Waals surface area contributed by atoms with E-state index < -0.39 is 5.97 Å². The smallest absolute Gasteiger partial charge is 0.307 e. The van der Waals surface area contributed by atoms with Crippen molar-refractivity contribution in [3.63, 3.8) is 0 Å². The largest absolute Gasteiger partial charge is 0.481 e. The van der Waals surface area contributed by atoms with Crippen molar-refractivity contribution in [2.75, 3.05) is 6.61 Å². The average Bonchev–Trinajstić information content (AvgIpc) is 2.68. The second kappa shape index (κ2) is 9.32. The molecule has 0 saturated carbocycles. The van der Waals surface area contributed by atoms with Crippen LogP contribution in [0, 0.1) is 11.8 Å². The summed E-state index contributed by atoms with van der Waals surface area (Å²) in [6, 6.07) is 20.3. The van der Waals surface area contributed by atoms with Crippen LogP contribution in [0.3, 0.4) is 0 Å². The number of rotatable bonds is 5. The molecule has 0 amide bonds. The van der Waals surface area contributed by atoms with Crippen molar-refractivity contribution in [1.29, 1.82) is 0 Å². The molecule has 0 unspecified atom stereocenters. The van der Waals surface area contributed by atoms with Crippen LogP contribution in [0.25, 0.3) is 11.1 Å². The molecule has 5 heteroatoms. The van der Waals surface area contributed by atoms with Gasteiger partial charge >= 0.3 is 5.97 Å². The Morgan fingerprint density at radius 3 is 2.43 bits per heavy atom. The molecule has 0 aromatic heterocycles. The summed E-state index contributed by atoms with van der Waals surface area (Å²) < 4.78 is 5.64. The van der Waals surface area contributed by atoms with E-state index in [1.807, 2.05) is 48.5 Å². The van der Waals surface area contributed by atoms with Crippen LogP contribution in [0.15, 0.2) is 66.7 Å². The van der Waals surface area contributed by atoms with Gasteiger partial charge in [0.25, 0.3) is 0 Å². The molecule has 0 fully saturated rings. The molecule has 0 heterocycles. The molecular formula is C23H16Cl2O3. The maximum Gasteiger partial charge on any atom is 0.307 e. The lowest BCUT2D eigenvalue weighted by Gasteiger charge is -2.06. The van der Waals surface area contributed by atoms with Gasteiger partial charge in [-0.25, -0.2) is 0 Å². The molecule has 0 aliphatic heterocycles. The highest BCUT2D eigenvalue weighted by Gasteiger charge is 2.04. The fourth-order valence-corrected chi connectivity index (χ4v) is 2.91. The molecule has 3 aromatic carbocycles. The lowest BCUT2D eigenvalue weighted by molar-refractivity contribution is -0.136. The summed E-state index contributed by atoms with van der Waals surface area (Å²) in [6.45, 7) is 0.244. The Labute approximate surface area is 173 Å². The molecule has 3 aromatic rings. The van der Waals surface area contributed by atoms with Crippen molar-refractivity contribution in [2.24, 2.45) is 0 Å². The van der Waals surface area contributed by atoms with E-state index in [9.17, 15) is 4.79 Å². The van der Waals surface area contributed by atoms with Crippen LogP contribution < -0.4 is 4.74 Å². The van der Waals surface area contributed by atoms with E-state index >= 15 is 0 Å². The third-order valence-electron chi connectivity index (χ3n) is 3.93. The summed E-state index contributed by atoms with van der Waals surface area (Å²) >= 11 is 11.8. The zero-order valence-electron chi connectivity index (χ0n) is 14.8. The standard InChI is InChI=1S/C23H16Cl2O3/c24-21-11-6-16(14-22(21)25)4-2-12-28-20-9-7-18(8-10-20)19-5-1-3-17(13-19)15-23(26)27/h1,3,5-11,13-14H,12,15H2,(H,26,27). The van der Waals surface area contributed by atoms with Gasteiger partial charge in [0.1, 0.15) is 12.4 Å². The number of benzene rings is 3. The quantitative estimate of drug-likeness (QED) is 0.547. The second-order valence-electron chi connectivity index (χ2n) is 6.01. The van der Waals surface area contributed by atoms with Crippen LogP contribution in [0.2, 0.25) is 10.0 Å². The van der Waals surface area contributed by atoms with E-state index in [1.165, 1.54) is 0 Å². The Balaban J connectivity index is 1.61. The van der Waals surface area contributed by atoms with Crippen molar-refractivity contribution in [1.82, 2.24) is 0 Å². The van der Waals surface area contributed by atoms with Gasteiger partial charge < -0.3 is 9.84 Å². The normalized spacial score (nSPS) is 10.1. The van der Waals surface area contributed by atoms with E-state index in [1.54, 1.807) is 18.2 Å². The number of hydrogen-bond acceptors (Lipinski definition) is 2. The van der Waals surface area contributed by atoms with Crippen molar-refractivity contribution in [3.8, 4) is 28.7 Å². The Bertz CT molecular complexity index is 1050. The van der Waals surface area contributed by atoms with Crippen LogP contribution in [0.5, 0.6) is 5.75 Å². The van der Waals surface area contributed by atoms with Gasteiger partial charge in [-0.3, -0.25) is 4.79 Å². The Hall–Kier alpha value is -2.93. The van der Waals surface area contributed by atoms with Crippen LogP contribution >= 0.6 is 23.2 Å². The third kappa shape index (κ3) is 5.53. The van der Waals surface area contributed by atoms with Gasteiger partial charge in [0.2, 0.25) is 0 Å². The number of carboxylic acids is 1. The molecule has 0 spiro atoms. The molecule has 0 atom stereocenters. The molecule has 0 saturated heterocycles. The van der Waals surface area contributed by atoms with Gasteiger partial charge in [0.15, 0.2) is 0 Å². The highest BCUT2D eigenvalue weighted by molar-refractivity contribution is 6.42. The van der Waals surface area contributed by atoms with E-state index in [4.69, 9.17) is 33.0 Å². The van der Waals surface area contributed by atoms with Crippen LogP contribution in [0.1, 0.15) is 11.1 Å². The summed E-state index contributed by atoms with van der Waals surface area (Å²) in [5.74, 6) is 5.77. The minimum atomic E-state index is -0.845. The summed E-state index contributed by atoms with van der Waals surface area (Å²) in [7, 11) is 0. The number of carboxylic acid groups (broad SMARTS) is 1. The highest BCUT2D eigenvalue weighted by Crippen LogP contribution is 2.24. The number of carbonyl (C=O) groups is 1. The number of halogens is 2. The molecule has 28 heavy (non-hydrogen) atoms. The predicted molar refractivity (Wildman–Crippen MR) is 112 cm³/mol. The van der Waals surface area contributed by atoms with E-state index in [2.05, 4.69) is 11.8 Å². The fourth-order valence-electron chi connectivity index (χ4n) is 2.61. The third-order valence-corrected chi connectivity index (χ3v) is 4.67. The first kappa shape index (κ1) is 19.8. The molecule has 0 bridgehead atoms. The molecule has 140 valence electrons. The molecule has 1 N–H and O–H groups in total. The first-order valence-corrected chi connectivity index (χ1v) is 9.25. The molecular weight excluding hydrogens is 395 g/mol. The minimum Gasteiger partial charge on any atom is -0.481 e. The number of aliphatic carboxylic acids is 1. The van der Waals surface area contributed by atoms with Crippen LogP contribution in [-0.2, 0) is 11.2 Å². The fraction of sp³-hybridized carbons (Fsp3) is 0.0870. The first-order valence-electron chi connectivity index (χ1n) is 8.49. The Morgan fingerprint density at radius 1 is 0.929 bits per heavy atom. The van der Waals surface area contributed by atoms with Crippen molar-refractivity contribution in [3.05, 3.63) is 87.9 Å². The van der Waals surface area contributed by atoms with Gasteiger partial charge in [0.05, 0.1) is 16.5 Å². The molecule has 0 aliphatic rings. The first-order chi connectivity index (χ1) is 13.5.